The first-order chi connectivity index (χ1) is 16.5. The predicted octanol–water partition coefficient (Wildman–Crippen LogP) is 5.16. The molecule has 2 aliphatic rings. The Morgan fingerprint density at radius 1 is 1.00 bits per heavy atom. The van der Waals surface area contributed by atoms with Crippen LogP contribution < -0.4 is 4.74 Å². The van der Waals surface area contributed by atoms with E-state index in [0.29, 0.717) is 17.5 Å². The minimum atomic E-state index is -2.99. The molecule has 0 saturated carbocycles. The normalized spacial score (nSPS) is 18.4. The number of aromatic nitrogens is 2. The molecule has 7 heteroatoms. The molecule has 0 fully saturated rings. The highest BCUT2D eigenvalue weighted by Gasteiger charge is 2.44. The van der Waals surface area contributed by atoms with Gasteiger partial charge in [0.15, 0.2) is 0 Å². The third-order valence-corrected chi connectivity index (χ3v) is 6.53. The van der Waals surface area contributed by atoms with Crippen LogP contribution in [-0.2, 0) is 0 Å². The molecule has 3 heterocycles. The summed E-state index contributed by atoms with van der Waals surface area (Å²) in [5.41, 5.74) is 4.20. The average Bonchev–Trinajstić information content (AvgIpc) is 3.36. The van der Waals surface area contributed by atoms with Gasteiger partial charge in [-0.2, -0.15) is 8.78 Å². The van der Waals surface area contributed by atoms with E-state index in [4.69, 9.17) is 9.72 Å². The zero-order valence-corrected chi connectivity index (χ0v) is 18.2. The lowest BCUT2D eigenvalue weighted by Crippen LogP contribution is -2.30. The van der Waals surface area contributed by atoms with Crippen LogP contribution in [0.1, 0.15) is 51.4 Å². The number of hydrogen-bond donors (Lipinski definition) is 0. The van der Waals surface area contributed by atoms with E-state index >= 15 is 0 Å². The summed E-state index contributed by atoms with van der Waals surface area (Å²) in [5.74, 6) is 6.90. The molecule has 2 aliphatic heterocycles. The van der Waals surface area contributed by atoms with E-state index in [9.17, 15) is 13.6 Å². The minimum absolute atomic E-state index is 0.0228. The molecule has 2 atom stereocenters. The van der Waals surface area contributed by atoms with E-state index in [-0.39, 0.29) is 23.7 Å². The van der Waals surface area contributed by atoms with Gasteiger partial charge in [0.1, 0.15) is 11.6 Å². The van der Waals surface area contributed by atoms with E-state index in [1.807, 2.05) is 53.1 Å². The number of ether oxygens (including phenoxy) is 1. The van der Waals surface area contributed by atoms with Crippen molar-refractivity contribution in [3.05, 3.63) is 94.8 Å². The smallest absolute Gasteiger partial charge is 0.387 e. The third-order valence-electron chi connectivity index (χ3n) is 6.53. The van der Waals surface area contributed by atoms with Crippen molar-refractivity contribution in [2.24, 2.45) is 0 Å². The van der Waals surface area contributed by atoms with E-state index < -0.39 is 6.61 Å². The monoisotopic (exact) mass is 455 g/mol. The zero-order chi connectivity index (χ0) is 23.4. The van der Waals surface area contributed by atoms with Gasteiger partial charge in [-0.1, -0.05) is 36.1 Å². The molecule has 0 spiro atoms. The summed E-state index contributed by atoms with van der Waals surface area (Å²) in [6, 6.07) is 19.6. The maximum absolute atomic E-state index is 13.2. The third kappa shape index (κ3) is 3.14. The van der Waals surface area contributed by atoms with E-state index in [1.165, 1.54) is 6.07 Å². The second kappa shape index (κ2) is 7.70. The van der Waals surface area contributed by atoms with Crippen molar-refractivity contribution in [1.29, 1.82) is 0 Å². The van der Waals surface area contributed by atoms with Crippen LogP contribution in [0.3, 0.4) is 0 Å². The lowest BCUT2D eigenvalue weighted by atomic mass is 9.97. The molecule has 0 aliphatic carbocycles. The van der Waals surface area contributed by atoms with Crippen molar-refractivity contribution >= 4 is 16.9 Å². The molecule has 5 nitrogen and oxygen atoms in total. The number of alkyl halides is 2. The van der Waals surface area contributed by atoms with Gasteiger partial charge in [-0.05, 0) is 42.5 Å². The van der Waals surface area contributed by atoms with Gasteiger partial charge in [-0.25, -0.2) is 4.98 Å². The molecule has 1 aromatic heterocycles. The standard InChI is InChI=1S/C27H19F2N3O2/c1-31-22-15-21(24-18(26(31)33)8-5-9-23(24)34-27(28)29)32-20-14-17(12-13-19(20)30-25(22)32)11-10-16-6-3-2-4-7-16/h2-9,12-14,21-22,27H,15H2,1H3/t21-,22-/m1/s1. The van der Waals surface area contributed by atoms with Gasteiger partial charge in [-0.15, -0.1) is 0 Å². The van der Waals surface area contributed by atoms with Gasteiger partial charge in [0.25, 0.3) is 5.91 Å². The van der Waals surface area contributed by atoms with Crippen molar-refractivity contribution in [3.63, 3.8) is 0 Å². The maximum Gasteiger partial charge on any atom is 0.387 e. The Morgan fingerprint density at radius 3 is 2.59 bits per heavy atom. The quantitative estimate of drug-likeness (QED) is 0.393. The number of imidazole rings is 1. The summed E-state index contributed by atoms with van der Waals surface area (Å²) in [5, 5.41) is 0. The Labute approximate surface area is 194 Å². The number of rotatable bonds is 2. The fraction of sp³-hybridized carbons (Fsp3) is 0.185. The first-order valence-corrected chi connectivity index (χ1v) is 10.9. The van der Waals surface area contributed by atoms with Crippen LogP contribution in [0.5, 0.6) is 5.75 Å². The molecule has 168 valence electrons. The number of carbonyl (C=O) groups excluding carboxylic acids is 1. The van der Waals surface area contributed by atoms with Gasteiger partial charge in [0.2, 0.25) is 0 Å². The molecular formula is C27H19F2N3O2. The molecule has 6 rings (SSSR count). The van der Waals surface area contributed by atoms with Crippen LogP contribution in [0.4, 0.5) is 8.78 Å². The highest BCUT2D eigenvalue weighted by Crippen LogP contribution is 2.49. The van der Waals surface area contributed by atoms with Crippen molar-refractivity contribution in [1.82, 2.24) is 14.5 Å². The Morgan fingerprint density at radius 2 is 1.79 bits per heavy atom. The number of amides is 1. The Kier molecular flexibility index (Phi) is 4.63. The minimum Gasteiger partial charge on any atom is -0.434 e. The van der Waals surface area contributed by atoms with Crippen LogP contribution in [0, 0.1) is 11.8 Å². The van der Waals surface area contributed by atoms with E-state index in [0.717, 1.165) is 28.0 Å². The number of benzene rings is 3. The highest BCUT2D eigenvalue weighted by atomic mass is 19.3. The molecule has 1 amide bonds. The summed E-state index contributed by atoms with van der Waals surface area (Å²) in [6.07, 6.45) is 0.539. The molecule has 0 N–H and O–H groups in total. The number of hydrogen-bond acceptors (Lipinski definition) is 3. The second-order valence-corrected chi connectivity index (χ2v) is 8.44. The SMILES string of the molecule is CN1C(=O)c2cccc(OC(F)F)c2[C@H]2C[C@@H]1c1nc3ccc(C#Cc4ccccc4)cc3n12. The first kappa shape index (κ1) is 20.4. The number of fused-ring (bicyclic) bond motifs is 9. The van der Waals surface area contributed by atoms with Crippen LogP contribution in [-0.4, -0.2) is 34.0 Å². The lowest BCUT2D eigenvalue weighted by Gasteiger charge is -2.24. The fourth-order valence-corrected chi connectivity index (χ4v) is 5.02. The van der Waals surface area contributed by atoms with E-state index in [1.54, 1.807) is 24.1 Å². The number of nitrogens with zero attached hydrogens (tertiary/aromatic N) is 3. The zero-order valence-electron chi connectivity index (χ0n) is 18.2. The predicted molar refractivity (Wildman–Crippen MR) is 123 cm³/mol. The molecule has 3 aromatic carbocycles. The summed E-state index contributed by atoms with van der Waals surface area (Å²) >= 11 is 0. The number of carbonyl (C=O) groups is 1. The average molecular weight is 455 g/mol. The summed E-state index contributed by atoms with van der Waals surface area (Å²) < 4.78 is 33.4. The molecule has 0 unspecified atom stereocenters. The van der Waals surface area contributed by atoms with Gasteiger partial charge >= 0.3 is 6.61 Å². The van der Waals surface area contributed by atoms with Crippen LogP contribution in [0.15, 0.2) is 66.7 Å². The van der Waals surface area contributed by atoms with Crippen LogP contribution >= 0.6 is 0 Å². The van der Waals surface area contributed by atoms with Crippen molar-refractivity contribution in [2.75, 3.05) is 7.05 Å². The van der Waals surface area contributed by atoms with Gasteiger partial charge in [0.05, 0.1) is 23.1 Å². The molecule has 0 saturated heterocycles. The number of halogens is 2. The fourth-order valence-electron chi connectivity index (χ4n) is 5.02. The second-order valence-electron chi connectivity index (χ2n) is 8.44. The molecule has 2 bridgehead atoms. The summed E-state index contributed by atoms with van der Waals surface area (Å²) in [4.78, 5) is 19.7. The van der Waals surface area contributed by atoms with Crippen LogP contribution in [0.25, 0.3) is 11.0 Å². The highest BCUT2D eigenvalue weighted by molar-refractivity contribution is 5.97. The van der Waals surface area contributed by atoms with Crippen molar-refractivity contribution < 1.29 is 18.3 Å². The summed E-state index contributed by atoms with van der Waals surface area (Å²) in [7, 11) is 1.73. The summed E-state index contributed by atoms with van der Waals surface area (Å²) in [6.45, 7) is -2.99. The van der Waals surface area contributed by atoms with Crippen molar-refractivity contribution in [3.8, 4) is 17.6 Å². The van der Waals surface area contributed by atoms with Gasteiger partial charge in [-0.3, -0.25) is 4.79 Å². The van der Waals surface area contributed by atoms with Crippen LogP contribution in [0.2, 0.25) is 0 Å². The van der Waals surface area contributed by atoms with E-state index in [2.05, 4.69) is 11.8 Å². The molecule has 4 aromatic rings. The van der Waals surface area contributed by atoms with Gasteiger partial charge in [0, 0.05) is 35.7 Å². The molecule has 0 radical (unpaired) electrons. The first-order valence-electron chi connectivity index (χ1n) is 10.9. The Balaban J connectivity index is 1.53. The Bertz CT molecular complexity index is 1500. The maximum atomic E-state index is 13.2. The largest absolute Gasteiger partial charge is 0.434 e. The topological polar surface area (TPSA) is 47.4 Å². The molecular weight excluding hydrogens is 436 g/mol. The molecule has 34 heavy (non-hydrogen) atoms. The van der Waals surface area contributed by atoms with Gasteiger partial charge < -0.3 is 14.2 Å². The Hall–Kier alpha value is -4.18. The lowest BCUT2D eigenvalue weighted by molar-refractivity contribution is -0.0507. The van der Waals surface area contributed by atoms with Crippen molar-refractivity contribution in [2.45, 2.75) is 25.1 Å².